The van der Waals surface area contributed by atoms with Gasteiger partial charge in [-0.3, -0.25) is 0 Å². The monoisotopic (exact) mass is 249 g/mol. The molecule has 3 heteroatoms. The third-order valence-electron chi connectivity index (χ3n) is 4.31. The Morgan fingerprint density at radius 1 is 1.39 bits per heavy atom. The quantitative estimate of drug-likeness (QED) is 0.892. The van der Waals surface area contributed by atoms with Gasteiger partial charge < -0.3 is 5.73 Å². The number of rotatable bonds is 3. The van der Waals surface area contributed by atoms with Gasteiger partial charge in [-0.1, -0.05) is 34.1 Å². The zero-order chi connectivity index (χ0) is 13.3. The Kier molecular flexibility index (Phi) is 3.69. The molecule has 0 radical (unpaired) electrons. The van der Waals surface area contributed by atoms with Crippen molar-refractivity contribution in [2.24, 2.45) is 11.3 Å². The van der Waals surface area contributed by atoms with Crippen LogP contribution in [-0.2, 0) is 19.4 Å². The molecular weight excluding hydrogens is 222 g/mol. The van der Waals surface area contributed by atoms with Crippen LogP contribution in [-0.4, -0.2) is 9.78 Å². The number of hydrogen-bond acceptors (Lipinski definition) is 2. The Morgan fingerprint density at radius 3 is 2.72 bits per heavy atom. The van der Waals surface area contributed by atoms with E-state index in [-0.39, 0.29) is 0 Å². The molecule has 2 rings (SSSR count). The summed E-state index contributed by atoms with van der Waals surface area (Å²) in [5, 5.41) is 4.70. The molecule has 1 unspecified atom stereocenters. The molecule has 3 nitrogen and oxygen atoms in total. The first-order valence-corrected chi connectivity index (χ1v) is 7.27. The Labute approximate surface area is 111 Å². The summed E-state index contributed by atoms with van der Waals surface area (Å²) in [4.78, 5) is 0. The van der Waals surface area contributed by atoms with Gasteiger partial charge in [-0.05, 0) is 37.0 Å². The second-order valence-electron chi connectivity index (χ2n) is 6.69. The highest BCUT2D eigenvalue weighted by Crippen LogP contribution is 2.38. The first-order chi connectivity index (χ1) is 8.43. The van der Waals surface area contributed by atoms with Crippen LogP contribution < -0.4 is 5.73 Å². The fourth-order valence-electron chi connectivity index (χ4n) is 2.86. The molecule has 0 bridgehead atoms. The van der Waals surface area contributed by atoms with Crippen LogP contribution in [0.15, 0.2) is 0 Å². The molecule has 1 aromatic rings. The van der Waals surface area contributed by atoms with Crippen molar-refractivity contribution < 1.29 is 0 Å². The van der Waals surface area contributed by atoms with Gasteiger partial charge >= 0.3 is 0 Å². The third-order valence-corrected chi connectivity index (χ3v) is 4.31. The van der Waals surface area contributed by atoms with E-state index >= 15 is 0 Å². The Morgan fingerprint density at radius 2 is 2.11 bits per heavy atom. The molecule has 1 heterocycles. The molecule has 2 N–H and O–H groups in total. The summed E-state index contributed by atoms with van der Waals surface area (Å²) in [7, 11) is 0. The number of nitrogen functional groups attached to an aromatic ring is 1. The second kappa shape index (κ2) is 4.94. The number of fused-ring (bicyclic) bond motifs is 1. The van der Waals surface area contributed by atoms with Crippen LogP contribution in [0.2, 0.25) is 0 Å². The average Bonchev–Trinajstić information content (AvgIpc) is 2.62. The maximum atomic E-state index is 6.27. The highest BCUT2D eigenvalue weighted by molar-refractivity contribution is 5.45. The minimum Gasteiger partial charge on any atom is -0.384 e. The fourth-order valence-corrected chi connectivity index (χ4v) is 2.86. The van der Waals surface area contributed by atoms with Crippen LogP contribution in [0.3, 0.4) is 0 Å². The molecule has 0 aromatic carbocycles. The first-order valence-electron chi connectivity index (χ1n) is 7.27. The number of unbranched alkanes of at least 4 members (excludes halogenated alkanes) is 1. The Bertz CT molecular complexity index is 412. The first kappa shape index (κ1) is 13.4. The molecular formula is C15H27N3. The van der Waals surface area contributed by atoms with Crippen molar-refractivity contribution in [2.75, 3.05) is 5.73 Å². The van der Waals surface area contributed by atoms with E-state index in [1.54, 1.807) is 0 Å². The summed E-state index contributed by atoms with van der Waals surface area (Å²) < 4.78 is 2.03. The van der Waals surface area contributed by atoms with E-state index in [1.165, 1.54) is 24.1 Å². The molecule has 102 valence electrons. The second-order valence-corrected chi connectivity index (χ2v) is 6.69. The number of anilines is 1. The maximum absolute atomic E-state index is 6.27. The van der Waals surface area contributed by atoms with Crippen LogP contribution in [0.4, 0.5) is 5.82 Å². The summed E-state index contributed by atoms with van der Waals surface area (Å²) >= 11 is 0. The van der Waals surface area contributed by atoms with Gasteiger partial charge in [-0.25, -0.2) is 4.68 Å². The van der Waals surface area contributed by atoms with Crippen LogP contribution in [0.5, 0.6) is 0 Å². The maximum Gasteiger partial charge on any atom is 0.125 e. The Balaban J connectivity index is 2.19. The van der Waals surface area contributed by atoms with Gasteiger partial charge in [0.15, 0.2) is 0 Å². The summed E-state index contributed by atoms with van der Waals surface area (Å²) in [6, 6.07) is 0. The van der Waals surface area contributed by atoms with Crippen molar-refractivity contribution >= 4 is 5.82 Å². The Hall–Kier alpha value is -0.990. The molecule has 0 saturated carbocycles. The lowest BCUT2D eigenvalue weighted by atomic mass is 9.72. The van der Waals surface area contributed by atoms with Crippen molar-refractivity contribution in [2.45, 2.75) is 66.3 Å². The van der Waals surface area contributed by atoms with Crippen molar-refractivity contribution in [1.82, 2.24) is 9.78 Å². The van der Waals surface area contributed by atoms with Crippen LogP contribution >= 0.6 is 0 Å². The van der Waals surface area contributed by atoms with E-state index in [9.17, 15) is 0 Å². The molecule has 1 aromatic heterocycles. The van der Waals surface area contributed by atoms with Gasteiger partial charge in [0.1, 0.15) is 5.82 Å². The number of nitrogens with two attached hydrogens (primary N) is 1. The summed E-state index contributed by atoms with van der Waals surface area (Å²) in [5.74, 6) is 1.66. The van der Waals surface area contributed by atoms with E-state index in [1.807, 2.05) is 4.68 Å². The van der Waals surface area contributed by atoms with Gasteiger partial charge in [0, 0.05) is 12.1 Å². The van der Waals surface area contributed by atoms with Gasteiger partial charge in [-0.15, -0.1) is 0 Å². The largest absolute Gasteiger partial charge is 0.384 e. The van der Waals surface area contributed by atoms with Crippen molar-refractivity contribution in [3.05, 3.63) is 11.3 Å². The van der Waals surface area contributed by atoms with Gasteiger partial charge in [0.2, 0.25) is 0 Å². The van der Waals surface area contributed by atoms with Crippen molar-refractivity contribution in [3.63, 3.8) is 0 Å². The van der Waals surface area contributed by atoms with E-state index in [4.69, 9.17) is 10.8 Å². The molecule has 0 amide bonds. The lowest BCUT2D eigenvalue weighted by Gasteiger charge is -2.33. The van der Waals surface area contributed by atoms with Crippen molar-refractivity contribution in [1.29, 1.82) is 0 Å². The molecule has 1 aliphatic rings. The van der Waals surface area contributed by atoms with E-state index in [2.05, 4.69) is 27.7 Å². The standard InChI is InChI=1S/C15H27N3/c1-5-6-9-18-14(16)12-10-11(15(2,3)4)7-8-13(12)17-18/h11H,5-10,16H2,1-4H3. The number of nitrogens with zero attached hydrogens (tertiary/aromatic N) is 2. The average molecular weight is 249 g/mol. The minimum absolute atomic E-state index is 0.371. The molecule has 1 aliphatic carbocycles. The smallest absolute Gasteiger partial charge is 0.125 e. The molecule has 1 atom stereocenters. The topological polar surface area (TPSA) is 43.8 Å². The summed E-state index contributed by atoms with van der Waals surface area (Å²) in [6.07, 6.45) is 5.81. The molecule has 18 heavy (non-hydrogen) atoms. The van der Waals surface area contributed by atoms with E-state index in [0.717, 1.165) is 37.5 Å². The van der Waals surface area contributed by atoms with E-state index in [0.29, 0.717) is 5.41 Å². The predicted octanol–water partition coefficient (Wildman–Crippen LogP) is 3.42. The number of aryl methyl sites for hydroxylation is 2. The molecule has 0 spiro atoms. The molecule has 0 saturated heterocycles. The van der Waals surface area contributed by atoms with Crippen LogP contribution in [0, 0.1) is 11.3 Å². The minimum atomic E-state index is 0.371. The highest BCUT2D eigenvalue weighted by Gasteiger charge is 2.31. The van der Waals surface area contributed by atoms with Crippen molar-refractivity contribution in [3.8, 4) is 0 Å². The normalized spacial score (nSPS) is 19.9. The predicted molar refractivity (Wildman–Crippen MR) is 76.5 cm³/mol. The summed E-state index contributed by atoms with van der Waals surface area (Å²) in [5.41, 5.74) is 9.23. The van der Waals surface area contributed by atoms with Gasteiger partial charge in [0.05, 0.1) is 5.69 Å². The number of aromatic nitrogens is 2. The lowest BCUT2D eigenvalue weighted by Crippen LogP contribution is -2.26. The van der Waals surface area contributed by atoms with Gasteiger partial charge in [0.25, 0.3) is 0 Å². The number of hydrogen-bond donors (Lipinski definition) is 1. The van der Waals surface area contributed by atoms with E-state index < -0.39 is 0 Å². The SMILES string of the molecule is CCCCn1nc2c(c1N)CC(C(C)(C)C)CC2. The van der Waals surface area contributed by atoms with Gasteiger partial charge in [-0.2, -0.15) is 5.10 Å². The lowest BCUT2D eigenvalue weighted by molar-refractivity contribution is 0.216. The third kappa shape index (κ3) is 2.55. The molecule has 0 aliphatic heterocycles. The fraction of sp³-hybridized carbons (Fsp3) is 0.800. The zero-order valence-electron chi connectivity index (χ0n) is 12.3. The highest BCUT2D eigenvalue weighted by atomic mass is 15.3. The van der Waals surface area contributed by atoms with Crippen LogP contribution in [0.1, 0.15) is 58.2 Å². The molecule has 0 fully saturated rings. The zero-order valence-corrected chi connectivity index (χ0v) is 12.3. The van der Waals surface area contributed by atoms with Crippen LogP contribution in [0.25, 0.3) is 0 Å². The summed E-state index contributed by atoms with van der Waals surface area (Å²) in [6.45, 7) is 10.2.